The lowest BCUT2D eigenvalue weighted by Crippen LogP contribution is -2.58. The molecule has 0 aliphatic heterocycles. The summed E-state index contributed by atoms with van der Waals surface area (Å²) in [7, 11) is 0. The molecule has 0 heterocycles. The van der Waals surface area contributed by atoms with Gasteiger partial charge >= 0.3 is 12.1 Å². The van der Waals surface area contributed by atoms with Gasteiger partial charge in [-0.3, -0.25) is 4.79 Å². The van der Waals surface area contributed by atoms with Crippen molar-refractivity contribution < 1.29 is 33.0 Å². The molecule has 0 saturated carbocycles. The molecule has 2 aromatic rings. The van der Waals surface area contributed by atoms with Crippen molar-refractivity contribution in [2.45, 2.75) is 50.6 Å². The number of carbonyl (C=O) groups excluding carboxylic acids is 2. The fraction of sp³-hybridized carbons (Fsp3) is 0.375. The van der Waals surface area contributed by atoms with Crippen molar-refractivity contribution in [3.8, 4) is 11.1 Å². The third kappa shape index (κ3) is 5.30. The van der Waals surface area contributed by atoms with Crippen molar-refractivity contribution in [2.75, 3.05) is 6.61 Å². The minimum atomic E-state index is -2.90. The molecule has 33 heavy (non-hydrogen) atoms. The van der Waals surface area contributed by atoms with Gasteiger partial charge in [-0.05, 0) is 35.6 Å². The van der Waals surface area contributed by atoms with Gasteiger partial charge in [0.25, 0.3) is 0 Å². The lowest BCUT2D eigenvalue weighted by atomic mass is 9.98. The summed E-state index contributed by atoms with van der Waals surface area (Å²) >= 11 is 0. The first-order valence-electron chi connectivity index (χ1n) is 10.6. The summed E-state index contributed by atoms with van der Waals surface area (Å²) in [5.74, 6) is -2.56. The molecule has 176 valence electrons. The highest BCUT2D eigenvalue weighted by atomic mass is 19.3. The number of ether oxygens (including phenoxy) is 1. The Bertz CT molecular complexity index is 1000. The van der Waals surface area contributed by atoms with Crippen LogP contribution in [0.2, 0.25) is 0 Å². The van der Waals surface area contributed by atoms with Gasteiger partial charge in [-0.2, -0.15) is 0 Å². The Morgan fingerprint density at radius 2 is 1.61 bits per heavy atom. The minimum Gasteiger partial charge on any atom is -0.480 e. The maximum atomic E-state index is 13.0. The minimum absolute atomic E-state index is 0.0282. The zero-order chi connectivity index (χ0) is 24.2. The highest BCUT2D eigenvalue weighted by molar-refractivity contribution is 5.91. The lowest BCUT2D eigenvalue weighted by Gasteiger charge is -2.27. The number of aliphatic carboxylic acids is 1. The molecule has 0 aromatic heterocycles. The Hall–Kier alpha value is -3.49. The van der Waals surface area contributed by atoms with E-state index < -0.39 is 42.4 Å². The average molecular weight is 460 g/mol. The summed E-state index contributed by atoms with van der Waals surface area (Å²) in [6.45, 7) is 2.75. The van der Waals surface area contributed by atoms with E-state index in [1.54, 1.807) is 0 Å². The average Bonchev–Trinajstić information content (AvgIpc) is 3.10. The zero-order valence-electron chi connectivity index (χ0n) is 18.3. The highest BCUT2D eigenvalue weighted by Crippen LogP contribution is 2.44. The second-order valence-corrected chi connectivity index (χ2v) is 8.13. The van der Waals surface area contributed by atoms with Gasteiger partial charge in [0, 0.05) is 12.3 Å². The topological polar surface area (TPSA) is 105 Å². The van der Waals surface area contributed by atoms with Crippen LogP contribution in [0.1, 0.15) is 43.7 Å². The molecule has 0 bridgehead atoms. The summed E-state index contributed by atoms with van der Waals surface area (Å²) in [5, 5.41) is 13.7. The van der Waals surface area contributed by atoms with Crippen molar-refractivity contribution in [1.82, 2.24) is 10.6 Å². The van der Waals surface area contributed by atoms with Crippen molar-refractivity contribution in [1.29, 1.82) is 0 Å². The van der Waals surface area contributed by atoms with Gasteiger partial charge < -0.3 is 20.5 Å². The molecule has 9 heteroatoms. The number of carboxylic acid groups (broad SMARTS) is 1. The summed E-state index contributed by atoms with van der Waals surface area (Å²) in [4.78, 5) is 36.3. The van der Waals surface area contributed by atoms with Crippen LogP contribution in [0, 0.1) is 0 Å². The molecule has 3 rings (SSSR count). The van der Waals surface area contributed by atoms with Crippen LogP contribution < -0.4 is 10.6 Å². The monoisotopic (exact) mass is 460 g/mol. The van der Waals surface area contributed by atoms with E-state index in [0.29, 0.717) is 0 Å². The first-order valence-corrected chi connectivity index (χ1v) is 10.6. The van der Waals surface area contributed by atoms with Gasteiger partial charge in [0.1, 0.15) is 18.2 Å². The van der Waals surface area contributed by atoms with Crippen molar-refractivity contribution in [2.24, 2.45) is 0 Å². The Morgan fingerprint density at radius 3 is 2.09 bits per heavy atom. The van der Waals surface area contributed by atoms with E-state index >= 15 is 0 Å². The van der Waals surface area contributed by atoms with Crippen LogP contribution in [-0.2, 0) is 14.3 Å². The summed E-state index contributed by atoms with van der Waals surface area (Å²) in [6.07, 6.45) is -4.88. The summed E-state index contributed by atoms with van der Waals surface area (Å²) < 4.78 is 31.4. The highest BCUT2D eigenvalue weighted by Gasteiger charge is 2.36. The number of hydrogen-bond donors (Lipinski definition) is 3. The molecule has 1 aliphatic carbocycles. The first-order chi connectivity index (χ1) is 15.7. The van der Waals surface area contributed by atoms with Gasteiger partial charge in [0.05, 0.1) is 0 Å². The number of alkyl halides is 2. The Kier molecular flexibility index (Phi) is 7.30. The number of hydrogen-bond acceptors (Lipinski definition) is 4. The van der Waals surface area contributed by atoms with Crippen LogP contribution in [0.25, 0.3) is 11.1 Å². The molecule has 0 radical (unpaired) electrons. The Morgan fingerprint density at radius 1 is 1.06 bits per heavy atom. The molecule has 0 spiro atoms. The zero-order valence-corrected chi connectivity index (χ0v) is 18.3. The van der Waals surface area contributed by atoms with Gasteiger partial charge in [-0.25, -0.2) is 18.4 Å². The third-order valence-corrected chi connectivity index (χ3v) is 5.94. The Labute approximate surface area is 190 Å². The van der Waals surface area contributed by atoms with Crippen molar-refractivity contribution >= 4 is 18.0 Å². The van der Waals surface area contributed by atoms with E-state index in [-0.39, 0.29) is 18.9 Å². The maximum Gasteiger partial charge on any atom is 0.407 e. The van der Waals surface area contributed by atoms with Crippen molar-refractivity contribution in [3.63, 3.8) is 0 Å². The molecule has 1 aliphatic rings. The van der Waals surface area contributed by atoms with Gasteiger partial charge in [-0.1, -0.05) is 55.5 Å². The number of fused-ring (bicyclic) bond motifs is 3. The molecular formula is C24H26F2N2O5. The summed E-state index contributed by atoms with van der Waals surface area (Å²) in [6, 6.07) is 13.8. The van der Waals surface area contributed by atoms with Crippen molar-refractivity contribution in [3.05, 3.63) is 59.7 Å². The molecule has 3 N–H and O–H groups in total. The number of carbonyl (C=O) groups is 3. The van der Waals surface area contributed by atoms with E-state index in [1.165, 1.54) is 13.8 Å². The molecular weight excluding hydrogens is 434 g/mol. The third-order valence-electron chi connectivity index (χ3n) is 5.94. The Balaban J connectivity index is 1.69. The van der Waals surface area contributed by atoms with E-state index in [0.717, 1.165) is 22.3 Å². The number of benzene rings is 2. The summed E-state index contributed by atoms with van der Waals surface area (Å²) in [5.41, 5.74) is 2.37. The fourth-order valence-corrected chi connectivity index (χ4v) is 3.84. The van der Waals surface area contributed by atoms with Crippen LogP contribution in [0.15, 0.2) is 48.5 Å². The van der Waals surface area contributed by atoms with E-state index in [1.807, 2.05) is 48.5 Å². The maximum absolute atomic E-state index is 13.0. The van der Waals surface area contributed by atoms with Gasteiger partial charge in [0.2, 0.25) is 12.3 Å². The lowest BCUT2D eigenvalue weighted by molar-refractivity contribution is -0.147. The van der Waals surface area contributed by atoms with Crippen LogP contribution >= 0.6 is 0 Å². The van der Waals surface area contributed by atoms with Crippen LogP contribution in [0.5, 0.6) is 0 Å². The number of amides is 2. The molecule has 2 aromatic carbocycles. The first kappa shape index (κ1) is 24.2. The predicted octanol–water partition coefficient (Wildman–Crippen LogP) is 3.92. The van der Waals surface area contributed by atoms with Gasteiger partial charge in [0.15, 0.2) is 0 Å². The normalized spacial score (nSPS) is 15.2. The number of alkyl carbamates (subject to hydrolysis) is 1. The standard InChI is InChI=1S/C24H26F2N2O5/c1-3-24(2,22(30)31)28-21(29)19(12-20(25)26)27-23(32)33-13-18-16-10-6-4-8-14(16)15-9-5-7-11-17(15)18/h4-11,18-20H,3,12-13H2,1-2H3,(H,27,32)(H,28,29)(H,30,31). The van der Waals surface area contributed by atoms with E-state index in [4.69, 9.17) is 4.74 Å². The number of rotatable bonds is 9. The largest absolute Gasteiger partial charge is 0.480 e. The number of nitrogens with one attached hydrogen (secondary N) is 2. The molecule has 7 nitrogen and oxygen atoms in total. The molecule has 0 saturated heterocycles. The predicted molar refractivity (Wildman–Crippen MR) is 117 cm³/mol. The molecule has 2 unspecified atom stereocenters. The second-order valence-electron chi connectivity index (χ2n) is 8.13. The van der Waals surface area contributed by atoms with Gasteiger partial charge in [-0.15, -0.1) is 0 Å². The van der Waals surface area contributed by atoms with E-state index in [9.17, 15) is 28.3 Å². The fourth-order valence-electron chi connectivity index (χ4n) is 3.84. The molecule has 0 fully saturated rings. The number of halogens is 2. The van der Waals surface area contributed by atoms with Crippen LogP contribution in [0.3, 0.4) is 0 Å². The molecule has 2 amide bonds. The van der Waals surface area contributed by atoms with Crippen LogP contribution in [-0.4, -0.2) is 47.7 Å². The smallest absolute Gasteiger partial charge is 0.407 e. The second kappa shape index (κ2) is 9.97. The quantitative estimate of drug-likeness (QED) is 0.526. The number of carboxylic acids is 1. The molecule has 2 atom stereocenters. The SMILES string of the molecule is CCC(C)(NC(=O)C(CC(F)F)NC(=O)OCC1c2ccccc2-c2ccccc21)C(=O)O. The van der Waals surface area contributed by atoms with E-state index in [2.05, 4.69) is 10.6 Å². The van der Waals surface area contributed by atoms with Crippen LogP contribution in [0.4, 0.5) is 13.6 Å².